The molecule has 0 aliphatic rings. The highest BCUT2D eigenvalue weighted by Gasteiger charge is 2.30. The molecule has 0 aliphatic heterocycles. The Labute approximate surface area is 188 Å². The first-order chi connectivity index (χ1) is 14.8. The second kappa shape index (κ2) is 8.84. The molecule has 168 valence electrons. The summed E-state index contributed by atoms with van der Waals surface area (Å²) >= 11 is 6.08. The first kappa shape index (κ1) is 23.6. The van der Waals surface area contributed by atoms with Crippen LogP contribution in [-0.4, -0.2) is 14.3 Å². The molecule has 3 aromatic carbocycles. The average Bonchev–Trinajstić information content (AvgIpc) is 2.66. The van der Waals surface area contributed by atoms with Crippen molar-refractivity contribution in [2.75, 3.05) is 10.0 Å². The van der Waals surface area contributed by atoms with Gasteiger partial charge in [0.15, 0.2) is 0 Å². The van der Waals surface area contributed by atoms with E-state index in [0.29, 0.717) is 5.69 Å². The van der Waals surface area contributed by atoms with E-state index >= 15 is 0 Å². The van der Waals surface area contributed by atoms with Gasteiger partial charge in [0.1, 0.15) is 4.90 Å². The van der Waals surface area contributed by atoms with E-state index in [2.05, 4.69) is 10.0 Å². The van der Waals surface area contributed by atoms with Crippen molar-refractivity contribution in [2.45, 2.75) is 24.9 Å². The number of anilines is 2. The maximum absolute atomic E-state index is 12.9. The van der Waals surface area contributed by atoms with E-state index in [9.17, 15) is 26.4 Å². The third-order valence-electron chi connectivity index (χ3n) is 4.43. The van der Waals surface area contributed by atoms with E-state index in [1.807, 2.05) is 19.9 Å². The quantitative estimate of drug-likeness (QED) is 0.466. The molecule has 0 bridgehead atoms. The predicted octanol–water partition coefficient (Wildman–Crippen LogP) is 6.03. The number of rotatable bonds is 5. The molecule has 5 nitrogen and oxygen atoms in total. The molecule has 0 saturated carbocycles. The lowest BCUT2D eigenvalue weighted by Gasteiger charge is -2.13. The van der Waals surface area contributed by atoms with Crippen molar-refractivity contribution >= 4 is 38.9 Å². The van der Waals surface area contributed by atoms with Crippen LogP contribution in [0.5, 0.6) is 0 Å². The smallest absolute Gasteiger partial charge is 0.322 e. The maximum Gasteiger partial charge on any atom is 0.416 e. The molecule has 0 spiro atoms. The van der Waals surface area contributed by atoms with Gasteiger partial charge in [0.05, 0.1) is 10.6 Å². The third kappa shape index (κ3) is 5.60. The fourth-order valence-electron chi connectivity index (χ4n) is 3.04. The van der Waals surface area contributed by atoms with Crippen LogP contribution in [0.2, 0.25) is 5.02 Å². The van der Waals surface area contributed by atoms with Crippen LogP contribution in [0.1, 0.15) is 27.0 Å². The molecule has 2 N–H and O–H groups in total. The molecule has 0 fully saturated rings. The van der Waals surface area contributed by atoms with E-state index in [-0.39, 0.29) is 21.2 Å². The molecule has 0 saturated heterocycles. The number of alkyl halides is 3. The zero-order chi connectivity index (χ0) is 23.7. The van der Waals surface area contributed by atoms with Crippen LogP contribution in [0.4, 0.5) is 24.5 Å². The molecule has 3 aromatic rings. The fourth-order valence-corrected chi connectivity index (χ4v) is 4.61. The van der Waals surface area contributed by atoms with Crippen LogP contribution in [0.25, 0.3) is 0 Å². The van der Waals surface area contributed by atoms with Crippen LogP contribution in [-0.2, 0) is 16.2 Å². The van der Waals surface area contributed by atoms with Crippen molar-refractivity contribution in [3.63, 3.8) is 0 Å². The molecule has 0 radical (unpaired) electrons. The monoisotopic (exact) mass is 482 g/mol. The van der Waals surface area contributed by atoms with Gasteiger partial charge in [-0.15, -0.1) is 0 Å². The number of hydrogen-bond donors (Lipinski definition) is 2. The second-order valence-corrected chi connectivity index (χ2v) is 9.21. The summed E-state index contributed by atoms with van der Waals surface area (Å²) < 4.78 is 66.2. The number of amides is 1. The van der Waals surface area contributed by atoms with Crippen LogP contribution in [0, 0.1) is 13.8 Å². The highest BCUT2D eigenvalue weighted by atomic mass is 35.5. The number of halogens is 4. The molecule has 3 rings (SSSR count). The number of carbonyl (C=O) groups excluding carboxylic acids is 1. The predicted molar refractivity (Wildman–Crippen MR) is 118 cm³/mol. The van der Waals surface area contributed by atoms with Crippen molar-refractivity contribution in [1.82, 2.24) is 0 Å². The van der Waals surface area contributed by atoms with Gasteiger partial charge in [-0.1, -0.05) is 17.7 Å². The summed E-state index contributed by atoms with van der Waals surface area (Å²) in [5.74, 6) is -0.704. The van der Waals surface area contributed by atoms with Crippen molar-refractivity contribution < 1.29 is 26.4 Å². The highest BCUT2D eigenvalue weighted by molar-refractivity contribution is 7.92. The van der Waals surface area contributed by atoms with Crippen molar-refractivity contribution in [3.05, 3.63) is 87.9 Å². The Morgan fingerprint density at radius 1 is 0.875 bits per heavy atom. The summed E-state index contributed by atoms with van der Waals surface area (Å²) in [4.78, 5) is 12.2. The molecule has 1 amide bonds. The van der Waals surface area contributed by atoms with Gasteiger partial charge < -0.3 is 5.32 Å². The van der Waals surface area contributed by atoms with Gasteiger partial charge in [0.2, 0.25) is 0 Å². The Morgan fingerprint density at radius 2 is 1.47 bits per heavy atom. The van der Waals surface area contributed by atoms with Gasteiger partial charge in [-0.25, -0.2) is 8.42 Å². The molecule has 0 aromatic heterocycles. The number of aryl methyl sites for hydroxylation is 2. The highest BCUT2D eigenvalue weighted by Crippen LogP contribution is 2.30. The zero-order valence-electron chi connectivity index (χ0n) is 16.9. The molecule has 0 atom stereocenters. The van der Waals surface area contributed by atoms with Gasteiger partial charge >= 0.3 is 6.18 Å². The van der Waals surface area contributed by atoms with Crippen LogP contribution < -0.4 is 10.0 Å². The van der Waals surface area contributed by atoms with E-state index in [0.717, 1.165) is 41.5 Å². The fraction of sp³-hybridized carbons (Fsp3) is 0.136. The minimum atomic E-state index is -4.50. The maximum atomic E-state index is 12.9. The first-order valence-electron chi connectivity index (χ1n) is 9.24. The number of hydrogen-bond acceptors (Lipinski definition) is 3. The Kier molecular flexibility index (Phi) is 6.52. The molecule has 0 heterocycles. The Morgan fingerprint density at radius 3 is 2.03 bits per heavy atom. The minimum absolute atomic E-state index is 0.0323. The van der Waals surface area contributed by atoms with Crippen LogP contribution in [0.15, 0.2) is 65.6 Å². The summed E-state index contributed by atoms with van der Waals surface area (Å²) in [6.07, 6.45) is -4.50. The molecule has 10 heteroatoms. The minimum Gasteiger partial charge on any atom is -0.322 e. The van der Waals surface area contributed by atoms with E-state index < -0.39 is 27.7 Å². The van der Waals surface area contributed by atoms with Crippen molar-refractivity contribution in [1.29, 1.82) is 0 Å². The number of carbonyl (C=O) groups is 1. The van der Waals surface area contributed by atoms with Gasteiger partial charge in [-0.05, 0) is 79.6 Å². The SMILES string of the molecule is Cc1cc(C)cc(NS(=O)(=O)c2cc(C(=O)Nc3ccc(C(F)(F)F)cc3)ccc2Cl)c1. The molecule has 32 heavy (non-hydrogen) atoms. The average molecular weight is 483 g/mol. The Bertz CT molecular complexity index is 1250. The van der Waals surface area contributed by atoms with Gasteiger partial charge in [-0.2, -0.15) is 13.2 Å². The normalized spacial score (nSPS) is 11.8. The molecular weight excluding hydrogens is 465 g/mol. The largest absolute Gasteiger partial charge is 0.416 e. The lowest BCUT2D eigenvalue weighted by Crippen LogP contribution is -2.16. The topological polar surface area (TPSA) is 75.3 Å². The van der Waals surface area contributed by atoms with Crippen LogP contribution in [0.3, 0.4) is 0 Å². The summed E-state index contributed by atoms with van der Waals surface area (Å²) in [6, 6.07) is 12.8. The third-order valence-corrected chi connectivity index (χ3v) is 6.29. The summed E-state index contributed by atoms with van der Waals surface area (Å²) in [5, 5.41) is 2.35. The van der Waals surface area contributed by atoms with Crippen LogP contribution >= 0.6 is 11.6 Å². The van der Waals surface area contributed by atoms with Gasteiger partial charge in [-0.3, -0.25) is 9.52 Å². The zero-order valence-corrected chi connectivity index (χ0v) is 18.5. The summed E-state index contributed by atoms with van der Waals surface area (Å²) in [7, 11) is -4.12. The second-order valence-electron chi connectivity index (χ2n) is 7.16. The van der Waals surface area contributed by atoms with E-state index in [1.54, 1.807) is 12.1 Å². The lowest BCUT2D eigenvalue weighted by molar-refractivity contribution is -0.137. The summed E-state index contributed by atoms with van der Waals surface area (Å²) in [6.45, 7) is 3.65. The summed E-state index contributed by atoms with van der Waals surface area (Å²) in [5.41, 5.74) is 1.30. The van der Waals surface area contributed by atoms with Crippen molar-refractivity contribution in [3.8, 4) is 0 Å². The first-order valence-corrected chi connectivity index (χ1v) is 11.1. The Hall–Kier alpha value is -3.04. The lowest BCUT2D eigenvalue weighted by atomic mass is 10.1. The number of nitrogens with one attached hydrogen (secondary N) is 2. The molecular formula is C22H18ClF3N2O3S. The van der Waals surface area contributed by atoms with Gasteiger partial charge in [0, 0.05) is 16.9 Å². The molecule has 0 aliphatic carbocycles. The standard InChI is InChI=1S/C22H18ClF3N2O3S/c1-13-9-14(2)11-18(10-13)28-32(30,31)20-12-15(3-8-19(20)23)21(29)27-17-6-4-16(5-7-17)22(24,25)26/h3-12,28H,1-2H3,(H,27,29). The van der Waals surface area contributed by atoms with E-state index in [1.165, 1.54) is 12.1 Å². The number of benzene rings is 3. The van der Waals surface area contributed by atoms with Crippen molar-refractivity contribution in [2.24, 2.45) is 0 Å². The Balaban J connectivity index is 1.85. The van der Waals surface area contributed by atoms with Gasteiger partial charge in [0.25, 0.3) is 15.9 Å². The number of sulfonamides is 1. The van der Waals surface area contributed by atoms with E-state index in [4.69, 9.17) is 11.6 Å². The molecule has 0 unspecified atom stereocenters.